The van der Waals surface area contributed by atoms with Crippen molar-refractivity contribution in [1.29, 1.82) is 0 Å². The first-order valence-corrected chi connectivity index (χ1v) is 8.86. The van der Waals surface area contributed by atoms with Crippen LogP contribution in [-0.4, -0.2) is 59.4 Å². The quantitative estimate of drug-likeness (QED) is 0.674. The molecule has 3 fully saturated rings. The Morgan fingerprint density at radius 3 is 2.88 bits per heavy atom. The van der Waals surface area contributed by atoms with Gasteiger partial charge in [-0.2, -0.15) is 0 Å². The fourth-order valence-corrected chi connectivity index (χ4v) is 4.07. The number of rotatable bonds is 5. The second-order valence-electron chi connectivity index (χ2n) is 7.97. The van der Waals surface area contributed by atoms with Crippen LogP contribution < -0.4 is 15.1 Å². The number of carboxylic acid groups (broad SMARTS) is 1. The number of nitrogens with two attached hydrogens (primary N) is 1. The number of nitrogens with zero attached hydrogens (tertiary/aromatic N) is 1. The van der Waals surface area contributed by atoms with Crippen LogP contribution in [0.4, 0.5) is 0 Å². The Balaban J connectivity index is 1.34. The third kappa shape index (κ3) is 2.59. The van der Waals surface area contributed by atoms with Crippen molar-refractivity contribution in [2.24, 2.45) is 5.73 Å². The topological polar surface area (TPSA) is 105 Å². The lowest BCUT2D eigenvalue weighted by molar-refractivity contribution is 0.0137. The van der Waals surface area contributed by atoms with Crippen LogP contribution in [-0.2, 0) is 0 Å². The summed E-state index contributed by atoms with van der Waals surface area (Å²) >= 11 is 0. The maximum atomic E-state index is 11.8. The van der Waals surface area contributed by atoms with Gasteiger partial charge in [0.05, 0.1) is 0 Å². The van der Waals surface area contributed by atoms with Crippen molar-refractivity contribution in [3.63, 3.8) is 0 Å². The largest absolute Gasteiger partial charge is 0.535 e. The summed E-state index contributed by atoms with van der Waals surface area (Å²) in [4.78, 5) is 14.0. The highest BCUT2D eigenvalue weighted by Crippen LogP contribution is 2.60. The van der Waals surface area contributed by atoms with Crippen LogP contribution in [0.15, 0.2) is 12.1 Å². The van der Waals surface area contributed by atoms with E-state index in [-0.39, 0.29) is 34.7 Å². The molecule has 2 aliphatic carbocycles. The van der Waals surface area contributed by atoms with E-state index < -0.39 is 13.1 Å². The predicted molar refractivity (Wildman–Crippen MR) is 90.1 cm³/mol. The van der Waals surface area contributed by atoms with E-state index >= 15 is 0 Å². The van der Waals surface area contributed by atoms with Crippen LogP contribution in [0.3, 0.4) is 0 Å². The molecule has 4 N–H and O–H groups in total. The standard InChI is InChI=1S/C17H21BN2O5/c19-17(3-4-17)8-20-6-9(7-20)24-13-2-1-10-11-5-12(11)18(23)25-15(10)14(13)16(21)22/h1-2,9,11-12,23H,3-8,19H2,(H,21,22)/t11-,12-/m0/s1. The minimum absolute atomic E-state index is 0.0200. The van der Waals surface area contributed by atoms with Crippen molar-refractivity contribution < 1.29 is 24.3 Å². The Morgan fingerprint density at radius 2 is 2.20 bits per heavy atom. The molecule has 2 aliphatic heterocycles. The van der Waals surface area contributed by atoms with E-state index in [1.807, 2.05) is 6.07 Å². The number of carbonyl (C=O) groups is 1. The summed E-state index contributed by atoms with van der Waals surface area (Å²) in [5.41, 5.74) is 7.00. The molecular formula is C17H21BN2O5. The number of carboxylic acids is 1. The number of hydrogen-bond acceptors (Lipinski definition) is 6. The van der Waals surface area contributed by atoms with E-state index in [2.05, 4.69) is 4.90 Å². The summed E-state index contributed by atoms with van der Waals surface area (Å²) in [6.45, 7) is 2.38. The Labute approximate surface area is 145 Å². The van der Waals surface area contributed by atoms with Gasteiger partial charge in [0.25, 0.3) is 0 Å². The number of aromatic carboxylic acids is 1. The first-order valence-electron chi connectivity index (χ1n) is 8.86. The number of benzene rings is 1. The van der Waals surface area contributed by atoms with Crippen molar-refractivity contribution >= 4 is 13.1 Å². The van der Waals surface area contributed by atoms with Gasteiger partial charge in [0.15, 0.2) is 0 Å². The number of fused-ring (bicyclic) bond motifs is 3. The van der Waals surface area contributed by atoms with Crippen LogP contribution in [0.25, 0.3) is 0 Å². The second kappa shape index (κ2) is 5.12. The Hall–Kier alpha value is -1.77. The third-order valence-corrected chi connectivity index (χ3v) is 5.86. The van der Waals surface area contributed by atoms with Gasteiger partial charge in [0, 0.05) is 31.0 Å². The molecule has 2 heterocycles. The van der Waals surface area contributed by atoms with Crippen molar-refractivity contribution in [3.05, 3.63) is 23.3 Å². The van der Waals surface area contributed by atoms with Crippen LogP contribution in [0.1, 0.15) is 41.1 Å². The smallest absolute Gasteiger partial charge is 0.526 e. The zero-order valence-corrected chi connectivity index (χ0v) is 13.9. The van der Waals surface area contributed by atoms with Gasteiger partial charge in [-0.1, -0.05) is 6.07 Å². The fraction of sp³-hybridized carbons (Fsp3) is 0.588. The lowest BCUT2D eigenvalue weighted by atomic mass is 9.77. The van der Waals surface area contributed by atoms with E-state index in [9.17, 15) is 14.9 Å². The number of likely N-dealkylation sites (tertiary alicyclic amines) is 1. The Bertz CT molecular complexity index is 747. The summed E-state index contributed by atoms with van der Waals surface area (Å²) in [6.07, 6.45) is 2.95. The summed E-state index contributed by atoms with van der Waals surface area (Å²) < 4.78 is 11.4. The van der Waals surface area contributed by atoms with Gasteiger partial charge in [-0.15, -0.1) is 0 Å². The van der Waals surface area contributed by atoms with Gasteiger partial charge in [-0.3, -0.25) is 4.90 Å². The third-order valence-electron chi connectivity index (χ3n) is 5.86. The molecule has 1 aromatic rings. The summed E-state index contributed by atoms with van der Waals surface area (Å²) in [5, 5.41) is 19.6. The van der Waals surface area contributed by atoms with E-state index in [0.717, 1.165) is 44.5 Å². The van der Waals surface area contributed by atoms with Crippen molar-refractivity contribution in [2.75, 3.05) is 19.6 Å². The highest BCUT2D eigenvalue weighted by atomic mass is 16.5. The zero-order valence-electron chi connectivity index (χ0n) is 13.9. The molecule has 0 unspecified atom stereocenters. The molecule has 25 heavy (non-hydrogen) atoms. The molecule has 0 aromatic heterocycles. The van der Waals surface area contributed by atoms with Crippen LogP contribution in [0.5, 0.6) is 11.5 Å². The molecule has 8 heteroatoms. The second-order valence-corrected chi connectivity index (χ2v) is 7.97. The molecule has 7 nitrogen and oxygen atoms in total. The average Bonchev–Trinajstić information content (AvgIpc) is 3.41. The molecule has 0 amide bonds. The summed E-state index contributed by atoms with van der Waals surface area (Å²) in [5.74, 6) is -0.216. The monoisotopic (exact) mass is 344 g/mol. The van der Waals surface area contributed by atoms with Gasteiger partial charge in [-0.25, -0.2) is 4.79 Å². The Morgan fingerprint density at radius 1 is 1.44 bits per heavy atom. The van der Waals surface area contributed by atoms with Gasteiger partial charge in [0.2, 0.25) is 0 Å². The van der Waals surface area contributed by atoms with Gasteiger partial charge < -0.3 is 25.3 Å². The maximum absolute atomic E-state index is 11.8. The highest BCUT2D eigenvalue weighted by Gasteiger charge is 2.54. The molecule has 1 aromatic carbocycles. The van der Waals surface area contributed by atoms with Gasteiger partial charge >= 0.3 is 13.1 Å². The molecule has 0 radical (unpaired) electrons. The van der Waals surface area contributed by atoms with Gasteiger partial charge in [-0.05, 0) is 36.8 Å². The summed E-state index contributed by atoms with van der Waals surface area (Å²) in [6, 6.07) is 3.61. The molecular weight excluding hydrogens is 323 g/mol. The fourth-order valence-electron chi connectivity index (χ4n) is 4.07. The summed E-state index contributed by atoms with van der Waals surface area (Å²) in [7, 11) is -0.927. The van der Waals surface area contributed by atoms with E-state index in [1.165, 1.54) is 0 Å². The average molecular weight is 344 g/mol. The molecule has 2 atom stereocenters. The molecule has 2 saturated carbocycles. The molecule has 0 bridgehead atoms. The highest BCUT2D eigenvalue weighted by molar-refractivity contribution is 6.48. The number of hydrogen-bond donors (Lipinski definition) is 3. The van der Waals surface area contributed by atoms with Crippen molar-refractivity contribution in [2.45, 2.75) is 42.6 Å². The molecule has 0 spiro atoms. The van der Waals surface area contributed by atoms with Crippen LogP contribution in [0.2, 0.25) is 5.82 Å². The van der Waals surface area contributed by atoms with E-state index in [1.54, 1.807) is 6.07 Å². The lowest BCUT2D eigenvalue weighted by Gasteiger charge is -2.40. The van der Waals surface area contributed by atoms with Crippen LogP contribution in [0, 0.1) is 0 Å². The molecule has 5 rings (SSSR count). The minimum atomic E-state index is -1.09. The Kier molecular flexibility index (Phi) is 3.17. The van der Waals surface area contributed by atoms with Crippen molar-refractivity contribution in [3.8, 4) is 11.5 Å². The predicted octanol–water partition coefficient (Wildman–Crippen LogP) is 0.669. The SMILES string of the molecule is NC1(CN2CC(Oc3ccc4c(c3C(=O)O)OB(O)[C@H]3C[C@@H]43)C2)CC1. The maximum Gasteiger partial charge on any atom is 0.526 e. The molecule has 4 aliphatic rings. The normalized spacial score (nSPS) is 29.1. The van der Waals surface area contributed by atoms with E-state index in [4.69, 9.17) is 15.1 Å². The first-order chi connectivity index (χ1) is 11.9. The lowest BCUT2D eigenvalue weighted by Crippen LogP contribution is -2.57. The van der Waals surface area contributed by atoms with Gasteiger partial charge in [0.1, 0.15) is 23.2 Å². The first kappa shape index (κ1) is 15.5. The number of ether oxygens (including phenoxy) is 1. The molecule has 132 valence electrons. The van der Waals surface area contributed by atoms with E-state index in [0.29, 0.717) is 5.75 Å². The minimum Gasteiger partial charge on any atom is -0.535 e. The van der Waals surface area contributed by atoms with Crippen molar-refractivity contribution in [1.82, 2.24) is 4.90 Å². The molecule has 1 saturated heterocycles. The zero-order chi connectivity index (χ0) is 17.3. The van der Waals surface area contributed by atoms with Crippen LogP contribution >= 0.6 is 0 Å².